The number of amides is 1. The average Bonchev–Trinajstić information content (AvgIpc) is 2.73. The molecule has 1 aromatic rings. The molecule has 0 saturated carbocycles. The summed E-state index contributed by atoms with van der Waals surface area (Å²) in [4.78, 5) is 28.6. The lowest BCUT2D eigenvalue weighted by molar-refractivity contribution is -0.132. The van der Waals surface area contributed by atoms with E-state index in [-0.39, 0.29) is 5.91 Å². The van der Waals surface area contributed by atoms with Gasteiger partial charge in [-0.15, -0.1) is 0 Å². The summed E-state index contributed by atoms with van der Waals surface area (Å²) >= 11 is 0. The topological polar surface area (TPSA) is 78.6 Å². The van der Waals surface area contributed by atoms with Gasteiger partial charge in [-0.05, 0) is 62.7 Å². The first-order valence-corrected chi connectivity index (χ1v) is 11.8. The van der Waals surface area contributed by atoms with E-state index in [0.29, 0.717) is 30.2 Å². The van der Waals surface area contributed by atoms with Crippen LogP contribution in [0.1, 0.15) is 51.3 Å². The Hall–Kier alpha value is -1.73. The van der Waals surface area contributed by atoms with Gasteiger partial charge in [0.05, 0.1) is 0 Å². The molecule has 7 nitrogen and oxygen atoms in total. The zero-order chi connectivity index (χ0) is 21.7. The van der Waals surface area contributed by atoms with Crippen LogP contribution in [0.25, 0.3) is 0 Å². The van der Waals surface area contributed by atoms with Crippen LogP contribution in [0.3, 0.4) is 0 Å². The first-order chi connectivity index (χ1) is 14.4. The largest absolute Gasteiger partial charge is 0.368 e. The van der Waals surface area contributed by atoms with E-state index in [1.165, 1.54) is 5.56 Å². The predicted molar refractivity (Wildman–Crippen MR) is 121 cm³/mol. The Labute approximate surface area is 182 Å². The Morgan fingerprint density at radius 2 is 2.00 bits per heavy atom. The minimum absolute atomic E-state index is 0.282. The maximum absolute atomic E-state index is 12.9. The summed E-state index contributed by atoms with van der Waals surface area (Å²) < 4.78 is 0. The highest BCUT2D eigenvalue weighted by atomic mass is 16.2. The number of likely N-dealkylation sites (N-methyl/N-ethyl adjacent to an activating group) is 2. The molecule has 0 spiro atoms. The van der Waals surface area contributed by atoms with Gasteiger partial charge in [0.25, 0.3) is 0 Å². The Kier molecular flexibility index (Phi) is 8.06. The van der Waals surface area contributed by atoms with Crippen LogP contribution < -0.4 is 5.73 Å². The van der Waals surface area contributed by atoms with E-state index in [4.69, 9.17) is 5.73 Å². The number of carbonyl (C=O) groups excluding carboxylic acids is 1. The first kappa shape index (κ1) is 22.9. The third-order valence-corrected chi connectivity index (χ3v) is 7.05. The number of likely N-dealkylation sites (tertiary alicyclic amines) is 1. The number of aromatic nitrogens is 2. The van der Waals surface area contributed by atoms with E-state index in [1.54, 1.807) is 0 Å². The summed E-state index contributed by atoms with van der Waals surface area (Å²) in [6.45, 7) is 12.5. The van der Waals surface area contributed by atoms with Crippen molar-refractivity contribution in [1.29, 1.82) is 0 Å². The van der Waals surface area contributed by atoms with Gasteiger partial charge in [-0.25, -0.2) is 9.97 Å². The fourth-order valence-corrected chi connectivity index (χ4v) is 5.27. The van der Waals surface area contributed by atoms with Gasteiger partial charge in [-0.1, -0.05) is 20.8 Å². The maximum atomic E-state index is 12.9. The van der Waals surface area contributed by atoms with Crippen molar-refractivity contribution in [2.45, 2.75) is 58.9 Å². The molecule has 2 N–H and O–H groups in total. The number of nitrogens with two attached hydrogens (primary N) is 1. The maximum Gasteiger partial charge on any atom is 0.222 e. The Balaban J connectivity index is 1.63. The zero-order valence-corrected chi connectivity index (χ0v) is 19.3. The molecule has 1 amide bonds. The van der Waals surface area contributed by atoms with Crippen LogP contribution >= 0.6 is 0 Å². The molecule has 2 heterocycles. The lowest BCUT2D eigenvalue weighted by Crippen LogP contribution is -2.53. The van der Waals surface area contributed by atoms with Crippen LogP contribution in [0, 0.1) is 11.8 Å². The van der Waals surface area contributed by atoms with E-state index in [1.807, 2.05) is 18.1 Å². The number of anilines is 1. The van der Waals surface area contributed by atoms with Gasteiger partial charge >= 0.3 is 0 Å². The minimum atomic E-state index is 0.282. The Bertz CT molecular complexity index is 707. The summed E-state index contributed by atoms with van der Waals surface area (Å²) in [7, 11) is 1.96. The van der Waals surface area contributed by atoms with Gasteiger partial charge in [0, 0.05) is 51.0 Å². The van der Waals surface area contributed by atoms with Crippen molar-refractivity contribution in [2.24, 2.45) is 11.8 Å². The van der Waals surface area contributed by atoms with Gasteiger partial charge in [0.2, 0.25) is 11.9 Å². The fourth-order valence-electron chi connectivity index (χ4n) is 5.27. The summed E-state index contributed by atoms with van der Waals surface area (Å²) in [5.74, 6) is 1.62. The number of piperidine rings is 1. The normalized spacial score (nSPS) is 23.8. The summed E-state index contributed by atoms with van der Waals surface area (Å²) in [5, 5.41) is 0. The molecule has 0 bridgehead atoms. The van der Waals surface area contributed by atoms with Crippen molar-refractivity contribution in [3.8, 4) is 0 Å². The number of rotatable bonds is 9. The smallest absolute Gasteiger partial charge is 0.222 e. The number of hydrogen-bond donors (Lipinski definition) is 1. The van der Waals surface area contributed by atoms with Crippen molar-refractivity contribution < 1.29 is 4.79 Å². The molecular formula is C23H40N6O. The van der Waals surface area contributed by atoms with Crippen molar-refractivity contribution in [1.82, 2.24) is 24.7 Å². The molecule has 1 fully saturated rings. The zero-order valence-electron chi connectivity index (χ0n) is 19.3. The first-order valence-electron chi connectivity index (χ1n) is 11.8. The van der Waals surface area contributed by atoms with Gasteiger partial charge in [0.15, 0.2) is 0 Å². The third kappa shape index (κ3) is 5.49. The highest BCUT2D eigenvalue weighted by Crippen LogP contribution is 2.37. The average molecular weight is 417 g/mol. The van der Waals surface area contributed by atoms with Crippen LogP contribution in [0.15, 0.2) is 6.20 Å². The Morgan fingerprint density at radius 3 is 2.70 bits per heavy atom. The SMILES string of the molecule is CCCN1C[C@@H](CC(=O)N(C)CCN(CC)CC)C[C@@H]2Cc3nc(N)ncc3C[C@H]21. The molecule has 1 saturated heterocycles. The van der Waals surface area contributed by atoms with Crippen molar-refractivity contribution in [3.63, 3.8) is 0 Å². The molecular weight excluding hydrogens is 376 g/mol. The van der Waals surface area contributed by atoms with Crippen LogP contribution in [0.5, 0.6) is 0 Å². The highest BCUT2D eigenvalue weighted by molar-refractivity contribution is 5.76. The second kappa shape index (κ2) is 10.5. The lowest BCUT2D eigenvalue weighted by atomic mass is 9.73. The second-order valence-electron chi connectivity index (χ2n) is 9.08. The number of hydrogen-bond acceptors (Lipinski definition) is 6. The molecule has 1 aliphatic carbocycles. The fraction of sp³-hybridized carbons (Fsp3) is 0.783. The van der Waals surface area contributed by atoms with Gasteiger partial charge in [-0.2, -0.15) is 0 Å². The van der Waals surface area contributed by atoms with Crippen molar-refractivity contribution in [2.75, 3.05) is 52.0 Å². The minimum Gasteiger partial charge on any atom is -0.368 e. The predicted octanol–water partition coefficient (Wildman–Crippen LogP) is 2.06. The number of fused-ring (bicyclic) bond motifs is 2. The van der Waals surface area contributed by atoms with Crippen LogP contribution in [0.4, 0.5) is 5.95 Å². The lowest BCUT2D eigenvalue weighted by Gasteiger charge is -2.47. The van der Waals surface area contributed by atoms with E-state index in [9.17, 15) is 4.79 Å². The molecule has 168 valence electrons. The number of nitrogens with zero attached hydrogens (tertiary/aromatic N) is 5. The molecule has 0 aromatic carbocycles. The molecule has 2 aliphatic rings. The molecule has 1 aliphatic heterocycles. The molecule has 30 heavy (non-hydrogen) atoms. The summed E-state index contributed by atoms with van der Waals surface area (Å²) in [5.41, 5.74) is 8.20. The quantitative estimate of drug-likeness (QED) is 0.664. The van der Waals surface area contributed by atoms with E-state index in [2.05, 4.69) is 40.5 Å². The highest BCUT2D eigenvalue weighted by Gasteiger charge is 2.40. The van der Waals surface area contributed by atoms with E-state index < -0.39 is 0 Å². The van der Waals surface area contributed by atoms with Crippen molar-refractivity contribution in [3.05, 3.63) is 17.5 Å². The second-order valence-corrected chi connectivity index (χ2v) is 9.08. The monoisotopic (exact) mass is 416 g/mol. The summed E-state index contributed by atoms with van der Waals surface area (Å²) in [6, 6.07) is 0.538. The molecule has 7 heteroatoms. The standard InChI is InChI=1S/C23H40N6O/c1-5-8-29-16-17(12-22(30)27(4)9-10-28(6-2)7-3)11-18-13-20-19(14-21(18)29)15-25-23(24)26-20/h15,17-18,21H,5-14,16H2,1-4H3,(H2,24,25,26)/t17-,18-,21-/m1/s1. The van der Waals surface area contributed by atoms with E-state index >= 15 is 0 Å². The number of carbonyl (C=O) groups is 1. The van der Waals surface area contributed by atoms with Crippen LogP contribution in [-0.2, 0) is 17.6 Å². The van der Waals surface area contributed by atoms with Gasteiger partial charge in [-0.3, -0.25) is 9.69 Å². The van der Waals surface area contributed by atoms with Crippen molar-refractivity contribution >= 4 is 11.9 Å². The molecule has 0 unspecified atom stereocenters. The van der Waals surface area contributed by atoms with Crippen LogP contribution in [-0.4, -0.2) is 82.9 Å². The molecule has 3 atom stereocenters. The van der Waals surface area contributed by atoms with Gasteiger partial charge in [0.1, 0.15) is 0 Å². The van der Waals surface area contributed by atoms with Crippen LogP contribution in [0.2, 0.25) is 0 Å². The Morgan fingerprint density at radius 1 is 1.23 bits per heavy atom. The molecule has 1 aromatic heterocycles. The molecule has 0 radical (unpaired) electrons. The number of nitrogen functional groups attached to an aromatic ring is 1. The summed E-state index contributed by atoms with van der Waals surface area (Å²) in [6.07, 6.45) is 6.76. The third-order valence-electron chi connectivity index (χ3n) is 7.05. The van der Waals surface area contributed by atoms with E-state index in [0.717, 1.165) is 70.6 Å². The van der Waals surface area contributed by atoms with Gasteiger partial charge < -0.3 is 15.5 Å². The molecule has 3 rings (SSSR count).